The molecule has 3 saturated heterocycles. The molecule has 1 aromatic carbocycles. The number of hydrogen-bond acceptors (Lipinski definition) is 5. The van der Waals surface area contributed by atoms with Crippen LogP contribution in [0.2, 0.25) is 0 Å². The van der Waals surface area contributed by atoms with Gasteiger partial charge in [-0.05, 0) is 68.3 Å². The summed E-state index contributed by atoms with van der Waals surface area (Å²) in [6.45, 7) is 6.10. The van der Waals surface area contributed by atoms with E-state index in [1.54, 1.807) is 7.11 Å². The molecule has 0 amide bonds. The van der Waals surface area contributed by atoms with Crippen LogP contribution in [0, 0.1) is 17.8 Å². The highest BCUT2D eigenvalue weighted by Gasteiger charge is 2.45. The SMILES string of the molecule is C=C[C@@H]1CN2CC[C@H]1C[C@@H]2[C@H](OC(=O)C1CC1)c1ccnc2ccc(OC)cc12. The van der Waals surface area contributed by atoms with Crippen molar-refractivity contribution in [2.45, 2.75) is 37.8 Å². The number of benzene rings is 1. The van der Waals surface area contributed by atoms with E-state index in [4.69, 9.17) is 9.47 Å². The third kappa shape index (κ3) is 3.42. The van der Waals surface area contributed by atoms with Crippen molar-refractivity contribution in [2.24, 2.45) is 17.8 Å². The van der Waals surface area contributed by atoms with Gasteiger partial charge in [-0.1, -0.05) is 6.08 Å². The van der Waals surface area contributed by atoms with Crippen LogP contribution in [0.15, 0.2) is 43.1 Å². The van der Waals surface area contributed by atoms with Crippen molar-refractivity contribution in [1.29, 1.82) is 0 Å². The third-order valence-corrected chi connectivity index (χ3v) is 6.95. The topological polar surface area (TPSA) is 51.7 Å². The Labute approximate surface area is 171 Å². The zero-order chi connectivity index (χ0) is 20.0. The highest BCUT2D eigenvalue weighted by Crippen LogP contribution is 2.44. The van der Waals surface area contributed by atoms with E-state index in [1.807, 2.05) is 30.5 Å². The van der Waals surface area contributed by atoms with Gasteiger partial charge < -0.3 is 9.47 Å². The molecule has 1 saturated carbocycles. The number of rotatable bonds is 6. The predicted molar refractivity (Wildman–Crippen MR) is 112 cm³/mol. The van der Waals surface area contributed by atoms with Crippen LogP contribution in [0.25, 0.3) is 10.9 Å². The number of hydrogen-bond donors (Lipinski definition) is 0. The molecular formula is C24H28N2O3. The van der Waals surface area contributed by atoms with Crippen LogP contribution >= 0.6 is 0 Å². The minimum absolute atomic E-state index is 0.0502. The lowest BCUT2D eigenvalue weighted by Gasteiger charge is -2.51. The van der Waals surface area contributed by atoms with Crippen LogP contribution in [0.3, 0.4) is 0 Å². The fraction of sp³-hybridized carbons (Fsp3) is 0.500. The molecule has 2 bridgehead atoms. The Balaban J connectivity index is 1.55. The average Bonchev–Trinajstić information content (AvgIpc) is 3.62. The highest BCUT2D eigenvalue weighted by molar-refractivity contribution is 5.84. The Hall–Kier alpha value is -2.40. The zero-order valence-corrected chi connectivity index (χ0v) is 16.9. The van der Waals surface area contributed by atoms with Gasteiger partial charge in [-0.15, -0.1) is 6.58 Å². The first kappa shape index (κ1) is 18.6. The lowest BCUT2D eigenvalue weighted by molar-refractivity contribution is -0.158. The van der Waals surface area contributed by atoms with E-state index in [9.17, 15) is 4.79 Å². The molecule has 0 spiro atoms. The number of methoxy groups -OCH3 is 1. The monoisotopic (exact) mass is 392 g/mol. The number of ether oxygens (including phenoxy) is 2. The molecule has 1 aromatic heterocycles. The van der Waals surface area contributed by atoms with E-state index in [1.165, 1.54) is 6.42 Å². The molecule has 29 heavy (non-hydrogen) atoms. The second-order valence-corrected chi connectivity index (χ2v) is 8.66. The van der Waals surface area contributed by atoms with Gasteiger partial charge in [0.05, 0.1) is 24.6 Å². The summed E-state index contributed by atoms with van der Waals surface area (Å²) in [7, 11) is 1.67. The summed E-state index contributed by atoms with van der Waals surface area (Å²) in [5.74, 6) is 1.97. The minimum Gasteiger partial charge on any atom is -0.497 e. The Kier molecular flexibility index (Phi) is 4.78. The van der Waals surface area contributed by atoms with E-state index in [0.717, 1.165) is 54.6 Å². The Bertz CT molecular complexity index is 939. The molecule has 4 heterocycles. The van der Waals surface area contributed by atoms with Crippen LogP contribution < -0.4 is 4.74 Å². The molecule has 4 fully saturated rings. The largest absolute Gasteiger partial charge is 0.497 e. The first-order valence-corrected chi connectivity index (χ1v) is 10.7. The summed E-state index contributed by atoms with van der Waals surface area (Å²) >= 11 is 0. The Morgan fingerprint density at radius 3 is 2.86 bits per heavy atom. The fourth-order valence-corrected chi connectivity index (χ4v) is 5.10. The first-order chi connectivity index (χ1) is 14.2. The van der Waals surface area contributed by atoms with Crippen LogP contribution in [0.1, 0.15) is 37.4 Å². The molecule has 1 unspecified atom stereocenters. The zero-order valence-electron chi connectivity index (χ0n) is 16.9. The smallest absolute Gasteiger partial charge is 0.309 e. The number of pyridine rings is 1. The Morgan fingerprint density at radius 1 is 1.31 bits per heavy atom. The van der Waals surface area contributed by atoms with Gasteiger partial charge in [0.2, 0.25) is 0 Å². The maximum absolute atomic E-state index is 12.7. The summed E-state index contributed by atoms with van der Waals surface area (Å²) in [5.41, 5.74) is 1.94. The van der Waals surface area contributed by atoms with E-state index < -0.39 is 0 Å². The number of fused-ring (bicyclic) bond motifs is 4. The van der Waals surface area contributed by atoms with Crippen LogP contribution in [0.5, 0.6) is 5.75 Å². The van der Waals surface area contributed by atoms with Gasteiger partial charge in [0.1, 0.15) is 11.9 Å². The molecule has 5 heteroatoms. The molecule has 3 aliphatic heterocycles. The molecule has 4 aliphatic rings. The van der Waals surface area contributed by atoms with Gasteiger partial charge in [-0.2, -0.15) is 0 Å². The van der Waals surface area contributed by atoms with Gasteiger partial charge in [0.15, 0.2) is 0 Å². The lowest BCUT2D eigenvalue weighted by atomic mass is 9.73. The number of piperidine rings is 3. The number of carbonyl (C=O) groups is 1. The van der Waals surface area contributed by atoms with Crippen molar-refractivity contribution in [3.05, 3.63) is 48.7 Å². The number of aromatic nitrogens is 1. The van der Waals surface area contributed by atoms with Gasteiger partial charge in [-0.25, -0.2) is 0 Å². The molecule has 0 N–H and O–H groups in total. The van der Waals surface area contributed by atoms with Crippen LogP contribution in [-0.2, 0) is 9.53 Å². The molecule has 2 aromatic rings. The number of esters is 1. The normalized spacial score (nSPS) is 29.4. The maximum atomic E-state index is 12.7. The van der Waals surface area contributed by atoms with Gasteiger partial charge in [0, 0.05) is 23.7 Å². The first-order valence-electron chi connectivity index (χ1n) is 10.7. The van der Waals surface area contributed by atoms with Crippen LogP contribution in [-0.4, -0.2) is 42.1 Å². The predicted octanol–water partition coefficient (Wildman–Crippen LogP) is 4.13. The maximum Gasteiger partial charge on any atom is 0.309 e. The number of carbonyl (C=O) groups excluding carboxylic acids is 1. The summed E-state index contributed by atoms with van der Waals surface area (Å²) in [6, 6.07) is 8.12. The minimum atomic E-state index is -0.283. The highest BCUT2D eigenvalue weighted by atomic mass is 16.5. The molecular weight excluding hydrogens is 364 g/mol. The van der Waals surface area contributed by atoms with Crippen molar-refractivity contribution in [3.63, 3.8) is 0 Å². The van der Waals surface area contributed by atoms with Gasteiger partial charge in [-0.3, -0.25) is 14.7 Å². The fourth-order valence-electron chi connectivity index (χ4n) is 5.10. The van der Waals surface area contributed by atoms with E-state index in [0.29, 0.717) is 11.8 Å². The molecule has 152 valence electrons. The van der Waals surface area contributed by atoms with Crippen molar-refractivity contribution < 1.29 is 14.3 Å². The van der Waals surface area contributed by atoms with E-state index in [2.05, 4.69) is 22.5 Å². The van der Waals surface area contributed by atoms with E-state index in [-0.39, 0.29) is 24.0 Å². The summed E-state index contributed by atoms with van der Waals surface area (Å²) < 4.78 is 11.7. The van der Waals surface area contributed by atoms with Crippen LogP contribution in [0.4, 0.5) is 0 Å². The summed E-state index contributed by atoms with van der Waals surface area (Å²) in [6.07, 6.45) is 7.77. The summed E-state index contributed by atoms with van der Waals surface area (Å²) in [5, 5.41) is 1.00. The van der Waals surface area contributed by atoms with Crippen molar-refractivity contribution in [3.8, 4) is 5.75 Å². The van der Waals surface area contributed by atoms with Crippen molar-refractivity contribution in [2.75, 3.05) is 20.2 Å². The molecule has 1 aliphatic carbocycles. The molecule has 0 radical (unpaired) electrons. The van der Waals surface area contributed by atoms with E-state index >= 15 is 0 Å². The van der Waals surface area contributed by atoms with Crippen molar-refractivity contribution >= 4 is 16.9 Å². The quantitative estimate of drug-likeness (QED) is 0.546. The molecule has 5 nitrogen and oxygen atoms in total. The second kappa shape index (κ2) is 7.45. The average molecular weight is 392 g/mol. The lowest BCUT2D eigenvalue weighted by Crippen LogP contribution is -2.55. The standard InChI is InChI=1S/C24H28N2O3/c1-3-15-14-26-11-9-17(15)12-22(26)23(29-24(27)16-4-5-16)19-8-10-25-21-7-6-18(28-2)13-20(19)21/h3,6-8,10,13,15-17,22-23H,1,4-5,9,11-12,14H2,2H3/t15-,17+,22-,23-/m1/s1. The van der Waals surface area contributed by atoms with Gasteiger partial charge in [0.25, 0.3) is 0 Å². The Morgan fingerprint density at radius 2 is 2.17 bits per heavy atom. The van der Waals surface area contributed by atoms with Crippen molar-refractivity contribution in [1.82, 2.24) is 9.88 Å². The van der Waals surface area contributed by atoms with Gasteiger partial charge >= 0.3 is 5.97 Å². The third-order valence-electron chi connectivity index (χ3n) is 6.95. The molecule has 6 rings (SSSR count). The second-order valence-electron chi connectivity index (χ2n) is 8.66. The number of nitrogens with zero attached hydrogens (tertiary/aromatic N) is 2. The molecule has 5 atom stereocenters. The summed E-state index contributed by atoms with van der Waals surface area (Å²) in [4.78, 5) is 19.7.